The van der Waals surface area contributed by atoms with E-state index in [4.69, 9.17) is 0 Å². The molecule has 1 fully saturated rings. The van der Waals surface area contributed by atoms with E-state index in [0.717, 1.165) is 11.1 Å². The van der Waals surface area contributed by atoms with E-state index in [-0.39, 0.29) is 30.0 Å². The summed E-state index contributed by atoms with van der Waals surface area (Å²) in [7, 11) is -3.20. The summed E-state index contributed by atoms with van der Waals surface area (Å²) in [5, 5.41) is 8.67. The Balaban J connectivity index is 1.66. The monoisotopic (exact) mass is 434 g/mol. The smallest absolute Gasteiger partial charge is 0.267 e. The lowest BCUT2D eigenvalue weighted by Gasteiger charge is -2.32. The fourth-order valence-corrected chi connectivity index (χ4v) is 5.33. The Morgan fingerprint density at radius 1 is 1.20 bits per heavy atom. The number of hydrogen-bond acceptors (Lipinski definition) is 5. The Morgan fingerprint density at radius 3 is 2.57 bits per heavy atom. The molecule has 0 spiro atoms. The minimum absolute atomic E-state index is 0.0972. The molecule has 8 nitrogen and oxygen atoms in total. The van der Waals surface area contributed by atoms with Crippen LogP contribution in [-0.2, 0) is 19.6 Å². The number of carbonyl (C=O) groups excluding carboxylic acids is 2. The zero-order chi connectivity index (χ0) is 21.9. The van der Waals surface area contributed by atoms with Crippen LogP contribution >= 0.6 is 0 Å². The third-order valence-corrected chi connectivity index (χ3v) is 7.61. The van der Waals surface area contributed by atoms with Crippen LogP contribution in [0.4, 0.5) is 5.69 Å². The van der Waals surface area contributed by atoms with Crippen molar-refractivity contribution < 1.29 is 18.0 Å². The van der Waals surface area contributed by atoms with Crippen molar-refractivity contribution in [2.75, 3.05) is 23.9 Å². The first-order valence-corrected chi connectivity index (χ1v) is 12.1. The molecule has 0 aromatic heterocycles. The molecular weight excluding hydrogens is 404 g/mol. The summed E-state index contributed by atoms with van der Waals surface area (Å²) in [5.41, 5.74) is 2.95. The van der Waals surface area contributed by atoms with Gasteiger partial charge in [-0.2, -0.15) is 5.10 Å². The minimum atomic E-state index is -3.20. The van der Waals surface area contributed by atoms with Gasteiger partial charge < -0.3 is 5.32 Å². The summed E-state index contributed by atoms with van der Waals surface area (Å²) in [5.74, 6) is -0.259. The molecule has 0 radical (unpaired) electrons. The Bertz CT molecular complexity index is 950. The van der Waals surface area contributed by atoms with Gasteiger partial charge in [0, 0.05) is 32.0 Å². The van der Waals surface area contributed by atoms with Crippen LogP contribution in [0.2, 0.25) is 0 Å². The predicted molar refractivity (Wildman–Crippen MR) is 117 cm³/mol. The van der Waals surface area contributed by atoms with Crippen molar-refractivity contribution in [1.29, 1.82) is 0 Å². The van der Waals surface area contributed by atoms with Crippen molar-refractivity contribution in [3.05, 3.63) is 29.3 Å². The molecule has 1 aromatic rings. The molecule has 1 N–H and O–H groups in total. The summed E-state index contributed by atoms with van der Waals surface area (Å²) < 4.78 is 25.9. The lowest BCUT2D eigenvalue weighted by molar-refractivity contribution is -0.119. The van der Waals surface area contributed by atoms with E-state index in [1.54, 1.807) is 0 Å². The molecule has 0 unspecified atom stereocenters. The van der Waals surface area contributed by atoms with Gasteiger partial charge in [-0.3, -0.25) is 9.59 Å². The fraction of sp³-hybridized carbons (Fsp3) is 0.571. The highest BCUT2D eigenvalue weighted by molar-refractivity contribution is 7.89. The van der Waals surface area contributed by atoms with Crippen LogP contribution in [0.1, 0.15) is 50.2 Å². The number of nitrogens with zero attached hydrogens (tertiary/aromatic N) is 3. The Labute approximate surface area is 178 Å². The lowest BCUT2D eigenvalue weighted by atomic mass is 10.1. The Kier molecular flexibility index (Phi) is 6.92. The van der Waals surface area contributed by atoms with Crippen molar-refractivity contribution in [2.45, 2.75) is 58.9 Å². The average Bonchev–Trinajstić information content (AvgIpc) is 2.70. The first-order valence-electron chi connectivity index (χ1n) is 10.5. The Hall–Kier alpha value is -2.26. The van der Waals surface area contributed by atoms with Gasteiger partial charge >= 0.3 is 0 Å². The maximum atomic E-state index is 12.8. The van der Waals surface area contributed by atoms with Crippen LogP contribution in [0.25, 0.3) is 0 Å². The van der Waals surface area contributed by atoms with Gasteiger partial charge in [0.1, 0.15) is 5.71 Å². The predicted octanol–water partition coefficient (Wildman–Crippen LogP) is 2.11. The van der Waals surface area contributed by atoms with Gasteiger partial charge in [-0.25, -0.2) is 17.7 Å². The second-order valence-electron chi connectivity index (χ2n) is 8.00. The highest BCUT2D eigenvalue weighted by Gasteiger charge is 2.31. The average molecular weight is 435 g/mol. The van der Waals surface area contributed by atoms with Crippen LogP contribution in [0.15, 0.2) is 23.3 Å². The van der Waals surface area contributed by atoms with Crippen molar-refractivity contribution in [2.24, 2.45) is 5.10 Å². The molecule has 0 atom stereocenters. The van der Waals surface area contributed by atoms with Gasteiger partial charge in [0.05, 0.1) is 11.4 Å². The molecule has 0 saturated carbocycles. The molecule has 1 saturated heterocycles. The van der Waals surface area contributed by atoms with Crippen LogP contribution < -0.4 is 10.3 Å². The third kappa shape index (κ3) is 5.07. The number of carbonyl (C=O) groups is 2. The molecule has 9 heteroatoms. The van der Waals surface area contributed by atoms with Gasteiger partial charge in [0.25, 0.3) is 5.91 Å². The van der Waals surface area contributed by atoms with E-state index in [1.807, 2.05) is 39.0 Å². The molecule has 2 amide bonds. The van der Waals surface area contributed by atoms with Crippen LogP contribution in [0.5, 0.6) is 0 Å². The third-order valence-electron chi connectivity index (χ3n) is 5.53. The zero-order valence-electron chi connectivity index (χ0n) is 17.8. The molecule has 30 heavy (non-hydrogen) atoms. The van der Waals surface area contributed by atoms with Gasteiger partial charge in [-0.05, 0) is 50.3 Å². The van der Waals surface area contributed by atoms with Crippen LogP contribution in [0, 0.1) is 13.8 Å². The largest absolute Gasteiger partial charge is 0.348 e. The number of piperidine rings is 1. The summed E-state index contributed by atoms with van der Waals surface area (Å²) >= 11 is 0. The van der Waals surface area contributed by atoms with Gasteiger partial charge in [0.15, 0.2) is 0 Å². The second kappa shape index (κ2) is 9.26. The Morgan fingerprint density at radius 2 is 1.90 bits per heavy atom. The zero-order valence-corrected chi connectivity index (χ0v) is 18.7. The van der Waals surface area contributed by atoms with E-state index < -0.39 is 10.0 Å². The molecule has 2 aliphatic heterocycles. The van der Waals surface area contributed by atoms with E-state index in [0.29, 0.717) is 50.2 Å². The first-order chi connectivity index (χ1) is 14.2. The number of nitrogens with one attached hydrogen (secondary N) is 1. The molecule has 164 valence electrons. The van der Waals surface area contributed by atoms with E-state index in [9.17, 15) is 18.0 Å². The van der Waals surface area contributed by atoms with Crippen molar-refractivity contribution >= 4 is 33.2 Å². The molecule has 0 bridgehead atoms. The molecular formula is C21H30N4O4S. The lowest BCUT2D eigenvalue weighted by Crippen LogP contribution is -2.49. The fourth-order valence-electron chi connectivity index (χ4n) is 3.79. The summed E-state index contributed by atoms with van der Waals surface area (Å²) in [6.07, 6.45) is 2.26. The molecule has 2 aliphatic rings. The first kappa shape index (κ1) is 22.4. The molecule has 3 rings (SSSR count). The van der Waals surface area contributed by atoms with Crippen molar-refractivity contribution in [3.63, 3.8) is 0 Å². The van der Waals surface area contributed by atoms with Crippen LogP contribution in [-0.4, -0.2) is 55.1 Å². The standard InChI is InChI=1S/C21H30N4O4S/c1-4-13-30(28,29)24-11-9-17(10-12-24)22-21(27)18-7-8-20(26)25(23-18)19-14-15(2)5-6-16(19)3/h5-6,14,17H,4,7-13H2,1-3H3,(H,22,27). The number of amides is 2. The van der Waals surface area contributed by atoms with E-state index >= 15 is 0 Å². The molecule has 0 aliphatic carbocycles. The number of hydrogen-bond donors (Lipinski definition) is 1. The highest BCUT2D eigenvalue weighted by atomic mass is 32.2. The second-order valence-corrected chi connectivity index (χ2v) is 10.1. The quantitative estimate of drug-likeness (QED) is 0.741. The molecule has 2 heterocycles. The normalized spacial score (nSPS) is 19.0. The minimum Gasteiger partial charge on any atom is -0.348 e. The van der Waals surface area contributed by atoms with Gasteiger partial charge in [-0.1, -0.05) is 19.1 Å². The summed E-state index contributed by atoms with van der Waals surface area (Å²) in [4.78, 5) is 25.2. The number of rotatable bonds is 6. The van der Waals surface area contributed by atoms with Crippen LogP contribution in [0.3, 0.4) is 0 Å². The summed E-state index contributed by atoms with van der Waals surface area (Å²) in [6, 6.07) is 5.70. The van der Waals surface area contributed by atoms with Gasteiger partial charge in [-0.15, -0.1) is 0 Å². The number of sulfonamides is 1. The highest BCUT2D eigenvalue weighted by Crippen LogP contribution is 2.25. The van der Waals surface area contributed by atoms with Crippen molar-refractivity contribution in [3.8, 4) is 0 Å². The number of anilines is 1. The topological polar surface area (TPSA) is 99.2 Å². The maximum Gasteiger partial charge on any atom is 0.267 e. The maximum absolute atomic E-state index is 12.8. The SMILES string of the molecule is CCCS(=O)(=O)N1CCC(NC(=O)C2=NN(c3cc(C)ccc3C)C(=O)CC2)CC1. The number of benzene rings is 1. The number of aryl methyl sites for hydroxylation is 2. The van der Waals surface area contributed by atoms with E-state index in [2.05, 4.69) is 10.4 Å². The van der Waals surface area contributed by atoms with Gasteiger partial charge in [0.2, 0.25) is 15.9 Å². The molecule has 1 aromatic carbocycles. The van der Waals surface area contributed by atoms with Crippen molar-refractivity contribution in [1.82, 2.24) is 9.62 Å². The van der Waals surface area contributed by atoms with E-state index in [1.165, 1.54) is 9.31 Å². The number of hydrazone groups is 1. The summed E-state index contributed by atoms with van der Waals surface area (Å²) in [6.45, 7) is 6.52.